The Balaban J connectivity index is 1.75. The predicted molar refractivity (Wildman–Crippen MR) is 81.6 cm³/mol. The first-order valence-electron chi connectivity index (χ1n) is 6.98. The molecule has 20 heavy (non-hydrogen) atoms. The summed E-state index contributed by atoms with van der Waals surface area (Å²) in [6.07, 6.45) is 2.66. The van der Waals surface area contributed by atoms with Gasteiger partial charge in [0, 0.05) is 6.54 Å². The highest BCUT2D eigenvalue weighted by atomic mass is 32.1. The van der Waals surface area contributed by atoms with Crippen LogP contribution in [0.25, 0.3) is 10.2 Å². The summed E-state index contributed by atoms with van der Waals surface area (Å²) in [6, 6.07) is 1.96. The van der Waals surface area contributed by atoms with Crippen LogP contribution in [0.2, 0.25) is 0 Å². The standard InChI is InChI=1S/C14H20N4OS/c1-14(19)4-2-6-18(7-5-14)9-11-16-12(15)10-3-8-20-13(10)17-11/h3,8,19H,2,4-7,9H2,1H3,(H2,15,16,17). The third-order valence-electron chi connectivity index (χ3n) is 3.92. The van der Waals surface area contributed by atoms with E-state index in [9.17, 15) is 5.11 Å². The molecule has 0 aliphatic carbocycles. The zero-order valence-corrected chi connectivity index (χ0v) is 12.5. The molecule has 0 saturated carbocycles. The largest absolute Gasteiger partial charge is 0.390 e. The van der Waals surface area contributed by atoms with Gasteiger partial charge in [0.1, 0.15) is 16.5 Å². The Kier molecular flexibility index (Phi) is 3.62. The minimum atomic E-state index is -0.535. The number of hydrogen-bond acceptors (Lipinski definition) is 6. The fourth-order valence-corrected chi connectivity index (χ4v) is 3.46. The van der Waals surface area contributed by atoms with Crippen molar-refractivity contribution in [3.05, 3.63) is 17.3 Å². The molecular formula is C14H20N4OS. The second-order valence-electron chi connectivity index (χ2n) is 5.79. The normalized spacial score (nSPS) is 24.9. The first-order chi connectivity index (χ1) is 9.53. The number of nitrogens with two attached hydrogens (primary N) is 1. The Hall–Kier alpha value is -1.24. The van der Waals surface area contributed by atoms with E-state index in [4.69, 9.17) is 5.73 Å². The van der Waals surface area contributed by atoms with Crippen molar-refractivity contribution in [3.63, 3.8) is 0 Å². The molecule has 1 aliphatic heterocycles. The van der Waals surface area contributed by atoms with Gasteiger partial charge in [0.2, 0.25) is 0 Å². The summed E-state index contributed by atoms with van der Waals surface area (Å²) >= 11 is 1.59. The van der Waals surface area contributed by atoms with Crippen molar-refractivity contribution in [3.8, 4) is 0 Å². The summed E-state index contributed by atoms with van der Waals surface area (Å²) < 4.78 is 0. The number of hydrogen-bond donors (Lipinski definition) is 2. The van der Waals surface area contributed by atoms with Crippen LogP contribution in [-0.4, -0.2) is 38.7 Å². The Labute approximate surface area is 122 Å². The van der Waals surface area contributed by atoms with Crippen molar-refractivity contribution in [2.24, 2.45) is 0 Å². The van der Waals surface area contributed by atoms with Gasteiger partial charge in [0.25, 0.3) is 0 Å². The summed E-state index contributed by atoms with van der Waals surface area (Å²) in [6.45, 7) is 4.47. The molecule has 1 atom stereocenters. The zero-order valence-electron chi connectivity index (χ0n) is 11.7. The molecule has 0 aromatic carbocycles. The van der Waals surface area contributed by atoms with Gasteiger partial charge in [-0.3, -0.25) is 4.90 Å². The second kappa shape index (κ2) is 5.27. The molecule has 1 fully saturated rings. The zero-order chi connectivity index (χ0) is 14.2. The van der Waals surface area contributed by atoms with Gasteiger partial charge in [-0.25, -0.2) is 9.97 Å². The van der Waals surface area contributed by atoms with E-state index < -0.39 is 5.60 Å². The number of nitrogens with zero attached hydrogens (tertiary/aromatic N) is 3. The summed E-state index contributed by atoms with van der Waals surface area (Å²) in [5.41, 5.74) is 5.44. The molecule has 1 aliphatic rings. The Morgan fingerprint density at radius 2 is 2.25 bits per heavy atom. The minimum absolute atomic E-state index is 0.535. The van der Waals surface area contributed by atoms with Crippen LogP contribution in [0, 0.1) is 0 Å². The quantitative estimate of drug-likeness (QED) is 0.885. The molecule has 0 spiro atoms. The van der Waals surface area contributed by atoms with E-state index in [1.54, 1.807) is 11.3 Å². The maximum Gasteiger partial charge on any atom is 0.146 e. The van der Waals surface area contributed by atoms with Gasteiger partial charge in [0.15, 0.2) is 0 Å². The van der Waals surface area contributed by atoms with Crippen molar-refractivity contribution >= 4 is 27.4 Å². The summed E-state index contributed by atoms with van der Waals surface area (Å²) in [7, 11) is 0. The van der Waals surface area contributed by atoms with Crippen molar-refractivity contribution < 1.29 is 5.11 Å². The molecule has 2 aromatic rings. The Morgan fingerprint density at radius 1 is 1.40 bits per heavy atom. The van der Waals surface area contributed by atoms with E-state index in [0.29, 0.717) is 12.4 Å². The van der Waals surface area contributed by atoms with Crippen LogP contribution in [0.5, 0.6) is 0 Å². The van der Waals surface area contributed by atoms with Crippen molar-refractivity contribution in [2.45, 2.75) is 38.3 Å². The van der Waals surface area contributed by atoms with Gasteiger partial charge in [0.05, 0.1) is 17.5 Å². The molecule has 3 N–H and O–H groups in total. The SMILES string of the molecule is CC1(O)CCCN(Cc2nc(N)c3ccsc3n2)CC1. The lowest BCUT2D eigenvalue weighted by Crippen LogP contribution is -2.28. The number of thiophene rings is 1. The molecule has 0 bridgehead atoms. The van der Waals surface area contributed by atoms with Gasteiger partial charge in [-0.1, -0.05) is 0 Å². The van der Waals surface area contributed by atoms with Crippen molar-refractivity contribution in [1.29, 1.82) is 0 Å². The molecule has 5 nitrogen and oxygen atoms in total. The molecule has 0 amide bonds. The highest BCUT2D eigenvalue weighted by Crippen LogP contribution is 2.25. The van der Waals surface area contributed by atoms with Crippen LogP contribution in [-0.2, 0) is 6.54 Å². The molecule has 3 rings (SSSR count). The van der Waals surface area contributed by atoms with Crippen LogP contribution in [0.3, 0.4) is 0 Å². The monoisotopic (exact) mass is 292 g/mol. The number of fused-ring (bicyclic) bond motifs is 1. The average Bonchev–Trinajstić information content (AvgIpc) is 2.78. The molecule has 3 heterocycles. The number of aliphatic hydroxyl groups is 1. The fraction of sp³-hybridized carbons (Fsp3) is 0.571. The molecule has 0 radical (unpaired) electrons. The van der Waals surface area contributed by atoms with Gasteiger partial charge >= 0.3 is 0 Å². The van der Waals surface area contributed by atoms with E-state index in [0.717, 1.165) is 48.4 Å². The van der Waals surface area contributed by atoms with Crippen molar-refractivity contribution in [1.82, 2.24) is 14.9 Å². The number of rotatable bonds is 2. The Morgan fingerprint density at radius 3 is 3.10 bits per heavy atom. The van der Waals surface area contributed by atoms with Crippen LogP contribution in [0.4, 0.5) is 5.82 Å². The smallest absolute Gasteiger partial charge is 0.146 e. The Bertz CT molecular complexity index is 610. The van der Waals surface area contributed by atoms with E-state index in [1.807, 2.05) is 18.4 Å². The summed E-state index contributed by atoms with van der Waals surface area (Å²) in [4.78, 5) is 12.2. The first kappa shape index (κ1) is 13.7. The van der Waals surface area contributed by atoms with Crippen LogP contribution in [0.15, 0.2) is 11.4 Å². The molecule has 1 saturated heterocycles. The third kappa shape index (κ3) is 2.92. The predicted octanol–water partition coefficient (Wildman–Crippen LogP) is 2.01. The van der Waals surface area contributed by atoms with E-state index in [-0.39, 0.29) is 0 Å². The molecule has 1 unspecified atom stereocenters. The maximum absolute atomic E-state index is 10.1. The second-order valence-corrected chi connectivity index (χ2v) is 6.69. The van der Waals surface area contributed by atoms with Gasteiger partial charge < -0.3 is 10.8 Å². The number of aromatic nitrogens is 2. The van der Waals surface area contributed by atoms with Crippen LogP contribution < -0.4 is 5.73 Å². The lowest BCUT2D eigenvalue weighted by atomic mass is 9.98. The highest BCUT2D eigenvalue weighted by Gasteiger charge is 2.25. The molecular weight excluding hydrogens is 272 g/mol. The van der Waals surface area contributed by atoms with E-state index >= 15 is 0 Å². The third-order valence-corrected chi connectivity index (χ3v) is 4.73. The van der Waals surface area contributed by atoms with Gasteiger partial charge in [-0.05, 0) is 44.2 Å². The summed E-state index contributed by atoms with van der Waals surface area (Å²) in [5, 5.41) is 13.1. The number of anilines is 1. The minimum Gasteiger partial charge on any atom is -0.390 e. The summed E-state index contributed by atoms with van der Waals surface area (Å²) in [5.74, 6) is 1.34. The van der Waals surface area contributed by atoms with E-state index in [1.165, 1.54) is 0 Å². The first-order valence-corrected chi connectivity index (χ1v) is 7.86. The number of nitrogen functional groups attached to an aromatic ring is 1. The van der Waals surface area contributed by atoms with Gasteiger partial charge in [-0.15, -0.1) is 11.3 Å². The average molecular weight is 292 g/mol. The van der Waals surface area contributed by atoms with Crippen molar-refractivity contribution in [2.75, 3.05) is 18.8 Å². The fourth-order valence-electron chi connectivity index (χ4n) is 2.67. The molecule has 6 heteroatoms. The van der Waals surface area contributed by atoms with Gasteiger partial charge in [-0.2, -0.15) is 0 Å². The van der Waals surface area contributed by atoms with Crippen LogP contribution in [0.1, 0.15) is 32.0 Å². The maximum atomic E-state index is 10.1. The molecule has 108 valence electrons. The van der Waals surface area contributed by atoms with E-state index in [2.05, 4.69) is 14.9 Å². The highest BCUT2D eigenvalue weighted by molar-refractivity contribution is 7.16. The molecule has 2 aromatic heterocycles. The lowest BCUT2D eigenvalue weighted by molar-refractivity contribution is 0.0443. The van der Waals surface area contributed by atoms with Crippen LogP contribution >= 0.6 is 11.3 Å². The lowest BCUT2D eigenvalue weighted by Gasteiger charge is -2.21. The topological polar surface area (TPSA) is 75.3 Å². The number of likely N-dealkylation sites (tertiary alicyclic amines) is 1.